The van der Waals surface area contributed by atoms with Gasteiger partial charge in [0.1, 0.15) is 11.9 Å². The Morgan fingerprint density at radius 2 is 1.21 bits per heavy atom. The van der Waals surface area contributed by atoms with Crippen molar-refractivity contribution in [2.75, 3.05) is 0 Å². The molecule has 96 valence electrons. The summed E-state index contributed by atoms with van der Waals surface area (Å²) in [6.45, 7) is 0. The van der Waals surface area contributed by atoms with E-state index in [9.17, 15) is 9.59 Å². The van der Waals surface area contributed by atoms with E-state index in [0.29, 0.717) is 11.1 Å². The molecule has 0 N–H and O–H groups in total. The lowest BCUT2D eigenvalue weighted by atomic mass is 10.0. The fraction of sp³-hybridized carbons (Fsp3) is 0. The predicted octanol–water partition coefficient (Wildman–Crippen LogP) is 4.04. The molecule has 0 unspecified atom stereocenters. The summed E-state index contributed by atoms with van der Waals surface area (Å²) in [6.07, 6.45) is 0. The molecule has 5 heteroatoms. The van der Waals surface area contributed by atoms with Gasteiger partial charge in [-0.2, -0.15) is 0 Å². The smallest absolute Gasteiger partial charge is 0.343 e. The molecule has 0 saturated carbocycles. The van der Waals surface area contributed by atoms with Crippen LogP contribution in [0.1, 0.15) is 20.7 Å². The third kappa shape index (κ3) is 3.13. The van der Waals surface area contributed by atoms with Crippen LogP contribution in [0.5, 0.6) is 0 Å². The monoisotopic (exact) mass is 294 g/mol. The topological polar surface area (TPSA) is 43.4 Å². The fourth-order valence-electron chi connectivity index (χ4n) is 1.64. The van der Waals surface area contributed by atoms with Gasteiger partial charge in [-0.3, -0.25) is 4.79 Å². The van der Waals surface area contributed by atoms with E-state index in [1.807, 2.05) is 0 Å². The number of rotatable bonds is 3. The first kappa shape index (κ1) is 13.6. The second-order valence-electron chi connectivity index (χ2n) is 3.79. The molecule has 0 aliphatic heterocycles. The Kier molecular flexibility index (Phi) is 4.20. The van der Waals surface area contributed by atoms with Crippen molar-refractivity contribution in [2.24, 2.45) is 0 Å². The van der Waals surface area contributed by atoms with E-state index < -0.39 is 11.2 Å². The Hall–Kier alpha value is -1.84. The minimum Gasteiger partial charge on any atom is -0.343 e. The van der Waals surface area contributed by atoms with Crippen LogP contribution in [-0.4, -0.2) is 11.2 Å². The van der Waals surface area contributed by atoms with E-state index in [1.165, 1.54) is 0 Å². The standard InChI is InChI=1S/C14H8Cl2O3/c15-13(17)11-5-1-9(2-6-11)10-3-7-12(8-4-10)14(18)19-16/h1-8H. The first-order valence-corrected chi connectivity index (χ1v) is 6.03. The molecular formula is C14H8Cl2O3. The second-order valence-corrected chi connectivity index (χ2v) is 4.29. The predicted molar refractivity (Wildman–Crippen MR) is 73.3 cm³/mol. The van der Waals surface area contributed by atoms with Crippen LogP contribution < -0.4 is 0 Å². The van der Waals surface area contributed by atoms with Crippen LogP contribution in [0.3, 0.4) is 0 Å². The Morgan fingerprint density at radius 1 is 0.789 bits per heavy atom. The average molecular weight is 295 g/mol. The average Bonchev–Trinajstić information content (AvgIpc) is 2.46. The summed E-state index contributed by atoms with van der Waals surface area (Å²) < 4.78 is 4.11. The van der Waals surface area contributed by atoms with Gasteiger partial charge in [-0.15, -0.1) is 0 Å². The number of benzene rings is 2. The Labute approximate surface area is 119 Å². The summed E-state index contributed by atoms with van der Waals surface area (Å²) in [5, 5.41) is -0.494. The molecule has 0 amide bonds. The van der Waals surface area contributed by atoms with Crippen LogP contribution in [0.2, 0.25) is 0 Å². The lowest BCUT2D eigenvalue weighted by Gasteiger charge is -2.03. The van der Waals surface area contributed by atoms with Crippen molar-refractivity contribution in [3.8, 4) is 11.1 Å². The molecule has 0 atom stereocenters. The molecule has 0 aliphatic carbocycles. The summed E-state index contributed by atoms with van der Waals surface area (Å²) in [7, 11) is 0. The molecule has 2 rings (SSSR count). The Balaban J connectivity index is 2.27. The molecule has 0 bridgehead atoms. The second kappa shape index (κ2) is 5.87. The quantitative estimate of drug-likeness (QED) is 0.802. The highest BCUT2D eigenvalue weighted by Gasteiger charge is 2.07. The normalized spacial score (nSPS) is 10.0. The highest BCUT2D eigenvalue weighted by atomic mass is 35.5. The third-order valence-corrected chi connectivity index (χ3v) is 2.99. The van der Waals surface area contributed by atoms with Crippen LogP contribution in [0.25, 0.3) is 11.1 Å². The molecule has 3 nitrogen and oxygen atoms in total. The van der Waals surface area contributed by atoms with Gasteiger partial charge in [0.2, 0.25) is 0 Å². The molecule has 2 aromatic carbocycles. The van der Waals surface area contributed by atoms with E-state index >= 15 is 0 Å². The van der Waals surface area contributed by atoms with Crippen molar-refractivity contribution >= 4 is 34.7 Å². The Bertz CT molecular complexity index is 604. The van der Waals surface area contributed by atoms with Crippen molar-refractivity contribution < 1.29 is 13.9 Å². The number of hydrogen-bond acceptors (Lipinski definition) is 3. The van der Waals surface area contributed by atoms with Gasteiger partial charge in [-0.05, 0) is 47.0 Å². The first-order valence-electron chi connectivity index (χ1n) is 5.35. The number of halogens is 2. The van der Waals surface area contributed by atoms with Crippen molar-refractivity contribution in [3.63, 3.8) is 0 Å². The highest BCUT2D eigenvalue weighted by Crippen LogP contribution is 2.21. The van der Waals surface area contributed by atoms with Gasteiger partial charge >= 0.3 is 5.97 Å². The zero-order chi connectivity index (χ0) is 13.8. The highest BCUT2D eigenvalue weighted by molar-refractivity contribution is 6.67. The number of carbonyl (C=O) groups is 2. The molecule has 0 saturated heterocycles. The zero-order valence-corrected chi connectivity index (χ0v) is 11.1. The lowest BCUT2D eigenvalue weighted by molar-refractivity contribution is 0.0751. The van der Waals surface area contributed by atoms with Crippen molar-refractivity contribution in [1.29, 1.82) is 0 Å². The summed E-state index contributed by atoms with van der Waals surface area (Å²) in [6, 6.07) is 13.6. The Morgan fingerprint density at radius 3 is 1.58 bits per heavy atom. The van der Waals surface area contributed by atoms with Gasteiger partial charge in [0.25, 0.3) is 5.24 Å². The van der Waals surface area contributed by atoms with Gasteiger partial charge in [-0.25, -0.2) is 4.79 Å². The number of carbonyl (C=O) groups excluding carboxylic acids is 2. The summed E-state index contributed by atoms with van der Waals surface area (Å²) in [4.78, 5) is 22.1. The largest absolute Gasteiger partial charge is 0.356 e. The minimum absolute atomic E-state index is 0.367. The summed E-state index contributed by atoms with van der Waals surface area (Å²) >= 11 is 10.4. The lowest BCUT2D eigenvalue weighted by Crippen LogP contribution is -1.97. The van der Waals surface area contributed by atoms with Crippen molar-refractivity contribution in [2.45, 2.75) is 0 Å². The van der Waals surface area contributed by atoms with Gasteiger partial charge < -0.3 is 4.29 Å². The van der Waals surface area contributed by atoms with Crippen molar-refractivity contribution in [1.82, 2.24) is 0 Å². The maximum atomic E-state index is 11.2. The molecule has 0 radical (unpaired) electrons. The van der Waals surface area contributed by atoms with E-state index in [0.717, 1.165) is 11.1 Å². The molecule has 19 heavy (non-hydrogen) atoms. The molecule has 0 aromatic heterocycles. The molecule has 0 fully saturated rings. The van der Waals surface area contributed by atoms with Gasteiger partial charge in [0.15, 0.2) is 0 Å². The third-order valence-electron chi connectivity index (χ3n) is 2.64. The van der Waals surface area contributed by atoms with E-state index in [2.05, 4.69) is 4.29 Å². The van der Waals surface area contributed by atoms with E-state index in [1.54, 1.807) is 48.5 Å². The summed E-state index contributed by atoms with van der Waals surface area (Å²) in [5.74, 6) is -0.601. The van der Waals surface area contributed by atoms with E-state index in [4.69, 9.17) is 23.5 Å². The van der Waals surface area contributed by atoms with Crippen LogP contribution in [0.4, 0.5) is 0 Å². The first-order chi connectivity index (χ1) is 9.11. The van der Waals surface area contributed by atoms with Gasteiger partial charge in [-0.1, -0.05) is 24.3 Å². The maximum absolute atomic E-state index is 11.2. The molecule has 0 heterocycles. The molecular weight excluding hydrogens is 287 g/mol. The number of hydrogen-bond donors (Lipinski definition) is 0. The van der Waals surface area contributed by atoms with Crippen LogP contribution in [-0.2, 0) is 4.29 Å². The molecule has 0 aliphatic rings. The maximum Gasteiger partial charge on any atom is 0.356 e. The van der Waals surface area contributed by atoms with Crippen LogP contribution in [0.15, 0.2) is 48.5 Å². The zero-order valence-electron chi connectivity index (χ0n) is 9.60. The minimum atomic E-state index is -0.601. The molecule has 2 aromatic rings. The van der Waals surface area contributed by atoms with Crippen LogP contribution >= 0.6 is 23.5 Å². The van der Waals surface area contributed by atoms with Gasteiger partial charge in [0.05, 0.1) is 5.56 Å². The molecule has 0 spiro atoms. The van der Waals surface area contributed by atoms with Gasteiger partial charge in [0, 0.05) is 5.56 Å². The summed E-state index contributed by atoms with van der Waals surface area (Å²) in [5.41, 5.74) is 2.62. The SMILES string of the molecule is O=C(Cl)c1ccc(-c2ccc(C(=O)OCl)cc2)cc1. The van der Waals surface area contributed by atoms with Crippen LogP contribution in [0, 0.1) is 0 Å². The fourth-order valence-corrected chi connectivity index (χ4v) is 1.85. The van der Waals surface area contributed by atoms with E-state index in [-0.39, 0.29) is 0 Å². The van der Waals surface area contributed by atoms with Crippen molar-refractivity contribution in [3.05, 3.63) is 59.7 Å².